The molecular formula is C25H24O2. The standard InChI is InChI=1S/C25H24O2/c1-3-16-25(2,23-19-10-6-4-8-17(19)12-14-21(23)26)24-20-11-7-5-9-18(20)13-15-22(24)27/h4-15,26-27H,3,16H2,1-2H3. The molecule has 27 heavy (non-hydrogen) atoms. The van der Waals surface area contributed by atoms with Crippen LogP contribution in [0.15, 0.2) is 72.8 Å². The van der Waals surface area contributed by atoms with Crippen LogP contribution in [-0.2, 0) is 5.41 Å². The van der Waals surface area contributed by atoms with Gasteiger partial charge in [0, 0.05) is 16.5 Å². The zero-order chi connectivity index (χ0) is 19.0. The molecule has 4 aromatic carbocycles. The number of benzene rings is 4. The van der Waals surface area contributed by atoms with Crippen molar-refractivity contribution in [3.8, 4) is 11.5 Å². The van der Waals surface area contributed by atoms with Gasteiger partial charge in [-0.05, 0) is 40.1 Å². The summed E-state index contributed by atoms with van der Waals surface area (Å²) in [6.07, 6.45) is 1.75. The average molecular weight is 356 g/mol. The molecule has 2 heteroatoms. The smallest absolute Gasteiger partial charge is 0.120 e. The predicted octanol–water partition coefficient (Wildman–Crippen LogP) is 6.51. The molecule has 0 unspecified atom stereocenters. The highest BCUT2D eigenvalue weighted by molar-refractivity contribution is 5.93. The lowest BCUT2D eigenvalue weighted by molar-refractivity contribution is 0.416. The fraction of sp³-hybridized carbons (Fsp3) is 0.200. The molecule has 2 N–H and O–H groups in total. The Hall–Kier alpha value is -3.00. The van der Waals surface area contributed by atoms with Gasteiger partial charge in [0.1, 0.15) is 11.5 Å². The third kappa shape index (κ3) is 2.73. The Morgan fingerprint density at radius 3 is 1.56 bits per heavy atom. The third-order valence-electron chi connectivity index (χ3n) is 5.67. The Labute approximate surface area is 159 Å². The van der Waals surface area contributed by atoms with Crippen LogP contribution in [0, 0.1) is 0 Å². The molecule has 0 bridgehead atoms. The van der Waals surface area contributed by atoms with Crippen molar-refractivity contribution in [2.45, 2.75) is 32.1 Å². The second kappa shape index (κ2) is 6.62. The topological polar surface area (TPSA) is 40.5 Å². The summed E-state index contributed by atoms with van der Waals surface area (Å²) in [6, 6.07) is 23.7. The Balaban J connectivity index is 2.14. The van der Waals surface area contributed by atoms with Gasteiger partial charge in [-0.2, -0.15) is 0 Å². The van der Waals surface area contributed by atoms with E-state index in [9.17, 15) is 10.2 Å². The van der Waals surface area contributed by atoms with Crippen LogP contribution >= 0.6 is 0 Å². The first-order valence-electron chi connectivity index (χ1n) is 9.48. The van der Waals surface area contributed by atoms with E-state index in [-0.39, 0.29) is 11.5 Å². The zero-order valence-electron chi connectivity index (χ0n) is 15.7. The number of rotatable bonds is 4. The molecule has 0 aliphatic rings. The minimum Gasteiger partial charge on any atom is -0.508 e. The van der Waals surface area contributed by atoms with Crippen LogP contribution in [0.2, 0.25) is 0 Å². The molecule has 0 spiro atoms. The maximum Gasteiger partial charge on any atom is 0.120 e. The van der Waals surface area contributed by atoms with Crippen molar-refractivity contribution in [1.82, 2.24) is 0 Å². The fourth-order valence-corrected chi connectivity index (χ4v) is 4.55. The molecular weight excluding hydrogens is 332 g/mol. The predicted molar refractivity (Wildman–Crippen MR) is 113 cm³/mol. The van der Waals surface area contributed by atoms with Gasteiger partial charge in [-0.15, -0.1) is 0 Å². The van der Waals surface area contributed by atoms with Gasteiger partial charge in [0.2, 0.25) is 0 Å². The third-order valence-corrected chi connectivity index (χ3v) is 5.67. The number of phenolic OH excluding ortho intramolecular Hbond substituents is 2. The summed E-state index contributed by atoms with van der Waals surface area (Å²) in [5.74, 6) is 0.550. The van der Waals surface area contributed by atoms with Gasteiger partial charge in [0.15, 0.2) is 0 Å². The van der Waals surface area contributed by atoms with E-state index in [2.05, 4.69) is 38.1 Å². The molecule has 0 aliphatic heterocycles. The minimum atomic E-state index is -0.523. The Morgan fingerprint density at radius 1 is 0.667 bits per heavy atom. The molecule has 2 nitrogen and oxygen atoms in total. The molecule has 0 aromatic heterocycles. The fourth-order valence-electron chi connectivity index (χ4n) is 4.55. The van der Waals surface area contributed by atoms with E-state index in [1.807, 2.05) is 36.4 Å². The van der Waals surface area contributed by atoms with Crippen LogP contribution in [0.3, 0.4) is 0 Å². The van der Waals surface area contributed by atoms with E-state index in [4.69, 9.17) is 0 Å². The van der Waals surface area contributed by atoms with Gasteiger partial charge in [-0.25, -0.2) is 0 Å². The second-order valence-corrected chi connectivity index (χ2v) is 7.44. The minimum absolute atomic E-state index is 0.275. The van der Waals surface area contributed by atoms with Gasteiger partial charge >= 0.3 is 0 Å². The number of hydrogen-bond donors (Lipinski definition) is 2. The number of aromatic hydroxyl groups is 2. The van der Waals surface area contributed by atoms with Crippen molar-refractivity contribution >= 4 is 21.5 Å². The number of phenols is 2. The van der Waals surface area contributed by atoms with Crippen LogP contribution in [-0.4, -0.2) is 10.2 Å². The zero-order valence-corrected chi connectivity index (χ0v) is 15.7. The van der Waals surface area contributed by atoms with Gasteiger partial charge < -0.3 is 10.2 Å². The molecule has 0 radical (unpaired) electrons. The Kier molecular flexibility index (Phi) is 4.27. The lowest BCUT2D eigenvalue weighted by Gasteiger charge is -2.34. The van der Waals surface area contributed by atoms with E-state index in [1.54, 1.807) is 12.1 Å². The summed E-state index contributed by atoms with van der Waals surface area (Å²) in [4.78, 5) is 0. The lowest BCUT2D eigenvalue weighted by atomic mass is 9.69. The highest BCUT2D eigenvalue weighted by Gasteiger charge is 2.36. The van der Waals surface area contributed by atoms with Crippen LogP contribution in [0.4, 0.5) is 0 Å². The largest absolute Gasteiger partial charge is 0.508 e. The van der Waals surface area contributed by atoms with Crippen molar-refractivity contribution in [1.29, 1.82) is 0 Å². The molecule has 0 saturated carbocycles. The van der Waals surface area contributed by atoms with E-state index in [0.29, 0.717) is 0 Å². The van der Waals surface area contributed by atoms with E-state index >= 15 is 0 Å². The Bertz CT molecular complexity index is 1040. The molecule has 0 aliphatic carbocycles. The molecule has 0 saturated heterocycles. The van der Waals surface area contributed by atoms with E-state index < -0.39 is 5.41 Å². The summed E-state index contributed by atoms with van der Waals surface area (Å²) in [5.41, 5.74) is 1.24. The normalized spacial score (nSPS) is 11.9. The molecule has 0 atom stereocenters. The van der Waals surface area contributed by atoms with E-state index in [0.717, 1.165) is 45.5 Å². The first-order chi connectivity index (χ1) is 13.1. The quantitative estimate of drug-likeness (QED) is 0.437. The van der Waals surface area contributed by atoms with Crippen molar-refractivity contribution in [3.05, 3.63) is 83.9 Å². The van der Waals surface area contributed by atoms with Gasteiger partial charge in [-0.3, -0.25) is 0 Å². The van der Waals surface area contributed by atoms with Crippen LogP contribution in [0.5, 0.6) is 11.5 Å². The van der Waals surface area contributed by atoms with Crippen LogP contribution in [0.1, 0.15) is 37.8 Å². The molecule has 0 fully saturated rings. The molecule has 0 amide bonds. The van der Waals surface area contributed by atoms with Crippen LogP contribution in [0.25, 0.3) is 21.5 Å². The summed E-state index contributed by atoms with van der Waals surface area (Å²) in [7, 11) is 0. The summed E-state index contributed by atoms with van der Waals surface area (Å²) in [6.45, 7) is 4.28. The number of fused-ring (bicyclic) bond motifs is 2. The van der Waals surface area contributed by atoms with Crippen LogP contribution < -0.4 is 0 Å². The van der Waals surface area contributed by atoms with Crippen molar-refractivity contribution in [2.24, 2.45) is 0 Å². The van der Waals surface area contributed by atoms with Gasteiger partial charge in [0.05, 0.1) is 0 Å². The summed E-state index contributed by atoms with van der Waals surface area (Å²) < 4.78 is 0. The average Bonchev–Trinajstić information content (AvgIpc) is 2.67. The maximum absolute atomic E-state index is 10.9. The second-order valence-electron chi connectivity index (χ2n) is 7.44. The first kappa shape index (κ1) is 17.4. The monoisotopic (exact) mass is 356 g/mol. The lowest BCUT2D eigenvalue weighted by Crippen LogP contribution is -2.24. The molecule has 4 rings (SSSR count). The van der Waals surface area contributed by atoms with Gasteiger partial charge in [-0.1, -0.05) is 80.9 Å². The van der Waals surface area contributed by atoms with Crippen molar-refractivity contribution in [2.75, 3.05) is 0 Å². The first-order valence-corrected chi connectivity index (χ1v) is 9.48. The molecule has 0 heterocycles. The molecule has 136 valence electrons. The Morgan fingerprint density at radius 2 is 1.11 bits per heavy atom. The summed E-state index contributed by atoms with van der Waals surface area (Å²) in [5, 5.41) is 26.1. The summed E-state index contributed by atoms with van der Waals surface area (Å²) >= 11 is 0. The number of hydrogen-bond acceptors (Lipinski definition) is 2. The highest BCUT2D eigenvalue weighted by Crippen LogP contribution is 2.49. The van der Waals surface area contributed by atoms with Crippen molar-refractivity contribution < 1.29 is 10.2 Å². The van der Waals surface area contributed by atoms with E-state index in [1.165, 1.54) is 0 Å². The highest BCUT2D eigenvalue weighted by atomic mass is 16.3. The maximum atomic E-state index is 10.9. The SMILES string of the molecule is CCCC(C)(c1c(O)ccc2ccccc12)c1c(O)ccc2ccccc12. The molecule has 4 aromatic rings. The van der Waals surface area contributed by atoms with Gasteiger partial charge in [0.25, 0.3) is 0 Å². The van der Waals surface area contributed by atoms with Crippen molar-refractivity contribution in [3.63, 3.8) is 0 Å².